The molecule has 0 bridgehead atoms. The van der Waals surface area contributed by atoms with Crippen molar-refractivity contribution < 1.29 is 14.6 Å². The van der Waals surface area contributed by atoms with E-state index in [1.165, 1.54) is 12.4 Å². The molecule has 1 atom stereocenters. The SMILES string of the molecule is N=C/C(=C\NC1CCCN(C(=O)c2ccccc2)C1)Oc1nc(O)c2ccncc2n1. The van der Waals surface area contributed by atoms with Crippen LogP contribution in [0.5, 0.6) is 11.9 Å². The Morgan fingerprint density at radius 2 is 2.10 bits per heavy atom. The molecule has 9 nitrogen and oxygen atoms in total. The molecule has 1 unspecified atom stereocenters. The molecule has 9 heteroatoms. The van der Waals surface area contributed by atoms with Crippen molar-refractivity contribution in [2.45, 2.75) is 18.9 Å². The second-order valence-corrected chi connectivity index (χ2v) is 7.14. The molecule has 1 aliphatic rings. The number of aromatic nitrogens is 3. The van der Waals surface area contributed by atoms with Crippen LogP contribution in [0.4, 0.5) is 0 Å². The van der Waals surface area contributed by atoms with Crippen molar-refractivity contribution in [2.75, 3.05) is 13.1 Å². The first kappa shape index (κ1) is 20.3. The van der Waals surface area contributed by atoms with Gasteiger partial charge in [-0.15, -0.1) is 0 Å². The van der Waals surface area contributed by atoms with E-state index in [4.69, 9.17) is 10.1 Å². The van der Waals surface area contributed by atoms with Crippen molar-refractivity contribution in [1.29, 1.82) is 5.41 Å². The van der Waals surface area contributed by atoms with E-state index in [9.17, 15) is 9.90 Å². The Bertz CT molecular complexity index is 1120. The molecule has 31 heavy (non-hydrogen) atoms. The highest BCUT2D eigenvalue weighted by Crippen LogP contribution is 2.23. The molecule has 3 heterocycles. The van der Waals surface area contributed by atoms with Crippen molar-refractivity contribution in [2.24, 2.45) is 0 Å². The van der Waals surface area contributed by atoms with Crippen molar-refractivity contribution >= 4 is 23.0 Å². The Balaban J connectivity index is 1.42. The number of nitrogens with zero attached hydrogens (tertiary/aromatic N) is 4. The van der Waals surface area contributed by atoms with Gasteiger partial charge in [-0.3, -0.25) is 9.78 Å². The Morgan fingerprint density at radius 3 is 2.90 bits per heavy atom. The largest absolute Gasteiger partial charge is 0.493 e. The van der Waals surface area contributed by atoms with Crippen molar-refractivity contribution in [3.05, 3.63) is 66.3 Å². The maximum atomic E-state index is 12.7. The number of pyridine rings is 1. The number of carbonyl (C=O) groups is 1. The molecule has 2 aromatic heterocycles. The van der Waals surface area contributed by atoms with E-state index in [1.54, 1.807) is 12.3 Å². The topological polar surface area (TPSA) is 124 Å². The lowest BCUT2D eigenvalue weighted by molar-refractivity contribution is 0.0700. The molecule has 3 N–H and O–H groups in total. The fourth-order valence-electron chi connectivity index (χ4n) is 3.46. The summed E-state index contributed by atoms with van der Waals surface area (Å²) in [5.74, 6) is -0.0376. The molecule has 0 saturated carbocycles. The smallest absolute Gasteiger partial charge is 0.326 e. The number of nitrogens with one attached hydrogen (secondary N) is 2. The minimum Gasteiger partial charge on any atom is -0.493 e. The number of allylic oxidation sites excluding steroid dienone is 1. The van der Waals surface area contributed by atoms with E-state index >= 15 is 0 Å². The minimum absolute atomic E-state index is 0.00764. The lowest BCUT2D eigenvalue weighted by Crippen LogP contribution is -2.46. The van der Waals surface area contributed by atoms with Crippen LogP contribution in [0.1, 0.15) is 23.2 Å². The van der Waals surface area contributed by atoms with E-state index in [0.29, 0.717) is 29.6 Å². The van der Waals surface area contributed by atoms with Gasteiger partial charge in [0.2, 0.25) is 5.88 Å². The molecule has 158 valence electrons. The highest BCUT2D eigenvalue weighted by molar-refractivity contribution is 5.94. The molecule has 1 fully saturated rings. The summed E-state index contributed by atoms with van der Waals surface area (Å²) in [6, 6.07) is 10.8. The summed E-state index contributed by atoms with van der Waals surface area (Å²) in [4.78, 5) is 26.6. The number of ether oxygens (including phenoxy) is 1. The average Bonchev–Trinajstić information content (AvgIpc) is 2.82. The standard InChI is InChI=1S/C22H22N6O3/c23-11-17(31-22-26-19-13-24-9-8-18(19)20(29)27-22)12-25-16-7-4-10-28(14-16)21(30)15-5-2-1-3-6-15/h1-3,5-6,8-9,11-13,16,23,25H,4,7,10,14H2,(H,26,27,29)/b17-12+,23-11?. The first-order valence-electron chi connectivity index (χ1n) is 9.93. The normalized spacial score (nSPS) is 16.7. The van der Waals surface area contributed by atoms with Crippen LogP contribution in [0.3, 0.4) is 0 Å². The fraction of sp³-hybridized carbons (Fsp3) is 0.227. The van der Waals surface area contributed by atoms with Gasteiger partial charge in [-0.05, 0) is 31.0 Å². The van der Waals surface area contributed by atoms with Crippen LogP contribution >= 0.6 is 0 Å². The second-order valence-electron chi connectivity index (χ2n) is 7.14. The number of likely N-dealkylation sites (tertiary alicyclic amines) is 1. The third kappa shape index (κ3) is 4.77. The van der Waals surface area contributed by atoms with Crippen LogP contribution in [-0.2, 0) is 0 Å². The lowest BCUT2D eigenvalue weighted by atomic mass is 10.0. The summed E-state index contributed by atoms with van der Waals surface area (Å²) >= 11 is 0. The zero-order chi connectivity index (χ0) is 21.6. The number of hydrogen-bond acceptors (Lipinski definition) is 8. The average molecular weight is 418 g/mol. The number of amides is 1. The number of piperidine rings is 1. The number of benzene rings is 1. The van der Waals surface area contributed by atoms with Gasteiger partial charge in [-0.2, -0.15) is 9.97 Å². The molecule has 1 aliphatic heterocycles. The van der Waals surface area contributed by atoms with E-state index < -0.39 is 0 Å². The van der Waals surface area contributed by atoms with E-state index in [2.05, 4.69) is 20.3 Å². The van der Waals surface area contributed by atoms with E-state index in [1.807, 2.05) is 35.2 Å². The number of aromatic hydroxyl groups is 1. The molecular weight excluding hydrogens is 396 g/mol. The quantitative estimate of drug-likeness (QED) is 0.415. The van der Waals surface area contributed by atoms with Crippen LogP contribution in [0.2, 0.25) is 0 Å². The number of carbonyl (C=O) groups excluding carboxylic acids is 1. The molecule has 1 aromatic carbocycles. The van der Waals surface area contributed by atoms with Gasteiger partial charge < -0.3 is 25.5 Å². The minimum atomic E-state index is -0.220. The summed E-state index contributed by atoms with van der Waals surface area (Å²) in [7, 11) is 0. The van der Waals surface area contributed by atoms with Gasteiger partial charge >= 0.3 is 6.01 Å². The molecular formula is C22H22N6O3. The molecule has 1 saturated heterocycles. The van der Waals surface area contributed by atoms with Gasteiger partial charge in [0.1, 0.15) is 0 Å². The molecule has 0 spiro atoms. The molecule has 4 rings (SSSR count). The third-order valence-corrected chi connectivity index (χ3v) is 5.00. The van der Waals surface area contributed by atoms with E-state index in [0.717, 1.165) is 19.1 Å². The summed E-state index contributed by atoms with van der Waals surface area (Å²) in [5.41, 5.74) is 1.11. The zero-order valence-corrected chi connectivity index (χ0v) is 16.7. The van der Waals surface area contributed by atoms with Gasteiger partial charge in [0.15, 0.2) is 5.76 Å². The highest BCUT2D eigenvalue weighted by Gasteiger charge is 2.24. The van der Waals surface area contributed by atoms with Gasteiger partial charge in [0.05, 0.1) is 23.3 Å². The van der Waals surface area contributed by atoms with Gasteiger partial charge in [0.25, 0.3) is 5.91 Å². The van der Waals surface area contributed by atoms with Gasteiger partial charge in [0, 0.05) is 37.1 Å². The third-order valence-electron chi connectivity index (χ3n) is 5.00. The predicted octanol–water partition coefficient (Wildman–Crippen LogP) is 2.49. The summed E-state index contributed by atoms with van der Waals surface area (Å²) < 4.78 is 5.55. The maximum absolute atomic E-state index is 12.7. The summed E-state index contributed by atoms with van der Waals surface area (Å²) in [6.07, 6.45) is 7.38. The molecule has 0 aliphatic carbocycles. The molecule has 1 amide bonds. The second kappa shape index (κ2) is 9.21. The Kier molecular flexibility index (Phi) is 6.02. The Hall–Kier alpha value is -4.01. The van der Waals surface area contributed by atoms with Crippen LogP contribution in [0.25, 0.3) is 10.9 Å². The fourth-order valence-corrected chi connectivity index (χ4v) is 3.46. The first-order valence-corrected chi connectivity index (χ1v) is 9.93. The van der Waals surface area contributed by atoms with Crippen LogP contribution in [0, 0.1) is 5.41 Å². The van der Waals surface area contributed by atoms with Gasteiger partial charge in [-0.25, -0.2) is 0 Å². The number of fused-ring (bicyclic) bond motifs is 1. The Labute approximate surface area is 178 Å². The number of rotatable bonds is 6. The molecule has 0 radical (unpaired) electrons. The number of hydrogen-bond donors (Lipinski definition) is 3. The highest BCUT2D eigenvalue weighted by atomic mass is 16.5. The summed E-state index contributed by atoms with van der Waals surface area (Å²) in [5, 5.41) is 21.4. The zero-order valence-electron chi connectivity index (χ0n) is 16.7. The van der Waals surface area contributed by atoms with Crippen molar-refractivity contribution in [1.82, 2.24) is 25.2 Å². The van der Waals surface area contributed by atoms with Crippen molar-refractivity contribution in [3.8, 4) is 11.9 Å². The van der Waals surface area contributed by atoms with E-state index in [-0.39, 0.29) is 29.6 Å². The van der Waals surface area contributed by atoms with Gasteiger partial charge in [-0.1, -0.05) is 18.2 Å². The van der Waals surface area contributed by atoms with Crippen molar-refractivity contribution in [3.63, 3.8) is 0 Å². The first-order chi connectivity index (χ1) is 15.1. The van der Waals surface area contributed by atoms with Crippen LogP contribution in [0.15, 0.2) is 60.8 Å². The van der Waals surface area contributed by atoms with Crippen LogP contribution < -0.4 is 10.1 Å². The predicted molar refractivity (Wildman–Crippen MR) is 115 cm³/mol. The molecule has 3 aromatic rings. The lowest BCUT2D eigenvalue weighted by Gasteiger charge is -2.33. The summed E-state index contributed by atoms with van der Waals surface area (Å²) in [6.45, 7) is 1.26. The maximum Gasteiger partial charge on any atom is 0.326 e. The monoisotopic (exact) mass is 418 g/mol. The van der Waals surface area contributed by atoms with Crippen LogP contribution in [-0.4, -0.2) is 56.2 Å². The Morgan fingerprint density at radius 1 is 1.26 bits per heavy atom.